The van der Waals surface area contributed by atoms with E-state index >= 15 is 0 Å². The third-order valence-electron chi connectivity index (χ3n) is 5.84. The maximum absolute atomic E-state index is 12.8. The first-order valence-electron chi connectivity index (χ1n) is 9.51. The Labute approximate surface area is 165 Å². The van der Waals surface area contributed by atoms with E-state index in [0.29, 0.717) is 29.2 Å². The lowest BCUT2D eigenvalue weighted by Crippen LogP contribution is -2.43. The van der Waals surface area contributed by atoms with E-state index in [1.807, 2.05) is 6.08 Å². The number of benzene rings is 1. The average molecular weight is 412 g/mol. The first-order valence-corrected chi connectivity index (χ1v) is 11.4. The quantitative estimate of drug-likeness (QED) is 0.470. The summed E-state index contributed by atoms with van der Waals surface area (Å²) in [6, 6.07) is 6.22. The normalized spacial score (nSPS) is 27.4. The molecule has 2 bridgehead atoms. The molecule has 3 rings (SSSR count). The summed E-state index contributed by atoms with van der Waals surface area (Å²) in [5.74, 6) is 0.508. The van der Waals surface area contributed by atoms with Crippen molar-refractivity contribution in [1.82, 2.24) is 4.72 Å². The Morgan fingerprint density at radius 2 is 1.89 bits per heavy atom. The number of nitrogens with one attached hydrogen (secondary N) is 1. The van der Waals surface area contributed by atoms with Crippen molar-refractivity contribution >= 4 is 27.6 Å². The molecule has 0 saturated heterocycles. The molecule has 0 amide bonds. The van der Waals surface area contributed by atoms with Gasteiger partial charge in [-0.25, -0.2) is 13.1 Å². The molecular weight excluding hydrogens is 386 g/mol. The van der Waals surface area contributed by atoms with Gasteiger partial charge in [0.1, 0.15) is 0 Å². The number of allylic oxidation sites excluding steroid dienone is 2. The number of halogens is 1. The molecule has 7 heteroatoms. The minimum Gasteiger partial charge on any atom is -0.481 e. The van der Waals surface area contributed by atoms with E-state index in [1.54, 1.807) is 12.1 Å². The summed E-state index contributed by atoms with van der Waals surface area (Å²) >= 11 is 5.86. The smallest absolute Gasteiger partial charge is 0.303 e. The summed E-state index contributed by atoms with van der Waals surface area (Å²) in [7, 11) is -3.56. The number of unbranched alkanes of at least 4 members (excludes halogenated alkanes) is 1. The maximum Gasteiger partial charge on any atom is 0.303 e. The Hall–Kier alpha value is -1.37. The fraction of sp³-hybridized carbons (Fsp3) is 0.550. The SMILES string of the molecule is O=C(O)CCC/C=C\C[C@H]1[C@@H]2CCC(C2)[C@@H]1NS(=O)(=O)c1ccc(Cl)cc1. The van der Waals surface area contributed by atoms with Crippen molar-refractivity contribution in [2.24, 2.45) is 17.8 Å². The molecule has 2 saturated carbocycles. The third-order valence-corrected chi connectivity index (χ3v) is 7.57. The van der Waals surface area contributed by atoms with Gasteiger partial charge < -0.3 is 5.11 Å². The van der Waals surface area contributed by atoms with Crippen LogP contribution in [-0.2, 0) is 14.8 Å². The Bertz CT molecular complexity index is 791. The molecule has 2 N–H and O–H groups in total. The molecule has 4 atom stereocenters. The number of sulfonamides is 1. The lowest BCUT2D eigenvalue weighted by molar-refractivity contribution is -0.137. The standard InChI is InChI=1S/C20H26ClNO4S/c21-16-9-11-17(12-10-16)27(25,26)22-20-15-8-7-14(13-15)18(20)5-3-1-2-4-6-19(23)24/h1,3,9-12,14-15,18,20,22H,2,4-8,13H2,(H,23,24)/b3-1-/t14-,15?,18+,20+/m1/s1. The Morgan fingerprint density at radius 3 is 2.59 bits per heavy atom. The zero-order chi connectivity index (χ0) is 19.4. The molecule has 5 nitrogen and oxygen atoms in total. The highest BCUT2D eigenvalue weighted by atomic mass is 35.5. The minimum atomic E-state index is -3.56. The maximum atomic E-state index is 12.8. The van der Waals surface area contributed by atoms with Gasteiger partial charge in [-0.05, 0) is 80.5 Å². The van der Waals surface area contributed by atoms with Crippen LogP contribution < -0.4 is 4.72 Å². The molecule has 2 fully saturated rings. The predicted octanol–water partition coefficient (Wildman–Crippen LogP) is 4.23. The molecule has 2 aliphatic carbocycles. The Kier molecular flexibility index (Phi) is 6.61. The number of hydrogen-bond donors (Lipinski definition) is 2. The van der Waals surface area contributed by atoms with Crippen LogP contribution in [0.1, 0.15) is 44.9 Å². The second-order valence-corrected chi connectivity index (χ2v) is 9.74. The Balaban J connectivity index is 1.62. The number of carbonyl (C=O) groups is 1. The van der Waals surface area contributed by atoms with E-state index < -0.39 is 16.0 Å². The monoisotopic (exact) mass is 411 g/mol. The first-order chi connectivity index (χ1) is 12.9. The summed E-state index contributed by atoms with van der Waals surface area (Å²) in [6.45, 7) is 0. The third kappa shape index (κ3) is 5.12. The van der Waals surface area contributed by atoms with Crippen LogP contribution in [0.15, 0.2) is 41.3 Å². The van der Waals surface area contributed by atoms with Crippen LogP contribution in [0.25, 0.3) is 0 Å². The highest BCUT2D eigenvalue weighted by Crippen LogP contribution is 2.50. The summed E-state index contributed by atoms with van der Waals surface area (Å²) in [5.41, 5.74) is 0. The van der Waals surface area contributed by atoms with Gasteiger partial charge in [-0.15, -0.1) is 0 Å². The highest BCUT2D eigenvalue weighted by Gasteiger charge is 2.48. The molecule has 0 spiro atoms. The van der Waals surface area contributed by atoms with Crippen LogP contribution in [0.5, 0.6) is 0 Å². The molecule has 0 radical (unpaired) electrons. The van der Waals surface area contributed by atoms with Gasteiger partial charge in [-0.1, -0.05) is 23.8 Å². The lowest BCUT2D eigenvalue weighted by Gasteiger charge is -2.31. The highest BCUT2D eigenvalue weighted by molar-refractivity contribution is 7.89. The van der Waals surface area contributed by atoms with Crippen molar-refractivity contribution < 1.29 is 18.3 Å². The number of carboxylic acids is 1. The summed E-state index contributed by atoms with van der Waals surface area (Å²) in [5, 5.41) is 9.18. The molecule has 0 aliphatic heterocycles. The Morgan fingerprint density at radius 1 is 1.19 bits per heavy atom. The van der Waals surface area contributed by atoms with Gasteiger partial charge in [-0.2, -0.15) is 0 Å². The molecule has 2 aliphatic rings. The molecular formula is C20H26ClNO4S. The fourth-order valence-corrected chi connectivity index (χ4v) is 6.02. The van der Waals surface area contributed by atoms with E-state index in [4.69, 9.17) is 16.7 Å². The van der Waals surface area contributed by atoms with Crippen molar-refractivity contribution in [1.29, 1.82) is 0 Å². The van der Waals surface area contributed by atoms with E-state index in [9.17, 15) is 13.2 Å². The van der Waals surface area contributed by atoms with Crippen molar-refractivity contribution in [3.05, 3.63) is 41.4 Å². The number of aliphatic carboxylic acids is 1. The van der Waals surface area contributed by atoms with Crippen LogP contribution in [0, 0.1) is 17.8 Å². The van der Waals surface area contributed by atoms with Crippen LogP contribution >= 0.6 is 11.6 Å². The molecule has 0 heterocycles. The van der Waals surface area contributed by atoms with Crippen LogP contribution in [0.4, 0.5) is 0 Å². The molecule has 1 unspecified atom stereocenters. The number of hydrogen-bond acceptors (Lipinski definition) is 3. The number of carboxylic acid groups (broad SMARTS) is 1. The summed E-state index contributed by atoms with van der Waals surface area (Å²) in [6.07, 6.45) is 9.86. The van der Waals surface area contributed by atoms with Gasteiger partial charge in [0.2, 0.25) is 10.0 Å². The average Bonchev–Trinajstić information content (AvgIpc) is 3.20. The van der Waals surface area contributed by atoms with Gasteiger partial charge in [0.05, 0.1) is 4.90 Å². The van der Waals surface area contributed by atoms with Crippen molar-refractivity contribution in [3.8, 4) is 0 Å². The van der Waals surface area contributed by atoms with Crippen molar-refractivity contribution in [3.63, 3.8) is 0 Å². The van der Waals surface area contributed by atoms with E-state index in [1.165, 1.54) is 18.6 Å². The van der Waals surface area contributed by atoms with Crippen LogP contribution in [0.3, 0.4) is 0 Å². The van der Waals surface area contributed by atoms with Crippen LogP contribution in [0.2, 0.25) is 5.02 Å². The fourth-order valence-electron chi connectivity index (χ4n) is 4.54. The van der Waals surface area contributed by atoms with Gasteiger partial charge in [0, 0.05) is 17.5 Å². The molecule has 1 aromatic rings. The molecule has 148 valence electrons. The topological polar surface area (TPSA) is 83.5 Å². The number of fused-ring (bicyclic) bond motifs is 2. The van der Waals surface area contributed by atoms with Gasteiger partial charge in [0.15, 0.2) is 0 Å². The largest absolute Gasteiger partial charge is 0.481 e. The molecule has 27 heavy (non-hydrogen) atoms. The lowest BCUT2D eigenvalue weighted by atomic mass is 9.83. The molecule has 1 aromatic carbocycles. The second kappa shape index (κ2) is 8.76. The minimum absolute atomic E-state index is 0.0342. The molecule has 0 aromatic heterocycles. The summed E-state index contributed by atoms with van der Waals surface area (Å²) in [4.78, 5) is 10.8. The van der Waals surface area contributed by atoms with Gasteiger partial charge >= 0.3 is 5.97 Å². The first kappa shape index (κ1) is 20.4. The van der Waals surface area contributed by atoms with Crippen molar-refractivity contribution in [2.75, 3.05) is 0 Å². The van der Waals surface area contributed by atoms with Gasteiger partial charge in [0.25, 0.3) is 0 Å². The second-order valence-electron chi connectivity index (χ2n) is 7.59. The zero-order valence-electron chi connectivity index (χ0n) is 15.2. The van der Waals surface area contributed by atoms with Gasteiger partial charge in [-0.3, -0.25) is 4.79 Å². The van der Waals surface area contributed by atoms with Crippen LogP contribution in [-0.4, -0.2) is 25.5 Å². The van der Waals surface area contributed by atoms with E-state index in [0.717, 1.165) is 25.7 Å². The number of rotatable bonds is 9. The summed E-state index contributed by atoms with van der Waals surface area (Å²) < 4.78 is 28.5. The van der Waals surface area contributed by atoms with E-state index in [2.05, 4.69) is 10.8 Å². The van der Waals surface area contributed by atoms with Crippen molar-refractivity contribution in [2.45, 2.75) is 55.9 Å². The predicted molar refractivity (Wildman–Crippen MR) is 105 cm³/mol. The zero-order valence-corrected chi connectivity index (χ0v) is 16.8. The van der Waals surface area contributed by atoms with E-state index in [-0.39, 0.29) is 17.4 Å².